The van der Waals surface area contributed by atoms with Gasteiger partial charge in [-0.3, -0.25) is 9.36 Å². The summed E-state index contributed by atoms with van der Waals surface area (Å²) in [5.41, 5.74) is 0. The normalized spacial score (nSPS) is 13.8. The largest absolute Gasteiger partial charge is 0.444 e. The Hall–Kier alpha value is -0.680. The van der Waals surface area contributed by atoms with Crippen molar-refractivity contribution in [3.05, 3.63) is 22.4 Å². The molecule has 0 aliphatic rings. The quantitative estimate of drug-likeness (QED) is 0.552. The van der Waals surface area contributed by atoms with Crippen molar-refractivity contribution >= 4 is 24.9 Å². The average molecular weight is 320 g/mol. The third kappa shape index (κ3) is 5.02. The molecule has 0 unspecified atom stereocenters. The van der Waals surface area contributed by atoms with E-state index in [1.165, 1.54) is 18.3 Å². The lowest BCUT2D eigenvalue weighted by Crippen LogP contribution is -2.16. The Kier molecular flexibility index (Phi) is 6.40. The number of hydrogen-bond donors (Lipinski definition) is 0. The van der Waals surface area contributed by atoms with Gasteiger partial charge in [0.1, 0.15) is 0 Å². The van der Waals surface area contributed by atoms with Gasteiger partial charge in [-0.05, 0) is 39.1 Å². The SMILES string of the molecule is CC(=O)O[C@H](c1cccs1)P(=O)(OC(C)C)OC(C)C. The van der Waals surface area contributed by atoms with E-state index in [0.717, 1.165) is 0 Å². The van der Waals surface area contributed by atoms with Crippen molar-refractivity contribution in [2.24, 2.45) is 0 Å². The van der Waals surface area contributed by atoms with Gasteiger partial charge in [0.15, 0.2) is 0 Å². The highest BCUT2D eigenvalue weighted by Crippen LogP contribution is 2.63. The van der Waals surface area contributed by atoms with E-state index >= 15 is 0 Å². The second kappa shape index (κ2) is 7.36. The molecule has 0 bridgehead atoms. The maximum Gasteiger partial charge on any atom is 0.376 e. The Bertz CT molecular complexity index is 455. The molecule has 0 N–H and O–H groups in total. The van der Waals surface area contributed by atoms with Gasteiger partial charge in [0.25, 0.3) is 0 Å². The predicted molar refractivity (Wildman–Crippen MR) is 78.9 cm³/mol. The first-order chi connectivity index (χ1) is 9.24. The van der Waals surface area contributed by atoms with Crippen LogP contribution in [0, 0.1) is 0 Å². The van der Waals surface area contributed by atoms with Crippen LogP contribution in [0.4, 0.5) is 0 Å². The first-order valence-electron chi connectivity index (χ1n) is 6.41. The van der Waals surface area contributed by atoms with Gasteiger partial charge in [-0.2, -0.15) is 0 Å². The molecule has 0 amide bonds. The molecule has 0 radical (unpaired) electrons. The van der Waals surface area contributed by atoms with Gasteiger partial charge in [-0.15, -0.1) is 11.3 Å². The molecule has 1 atom stereocenters. The highest BCUT2D eigenvalue weighted by Gasteiger charge is 2.42. The van der Waals surface area contributed by atoms with Crippen LogP contribution < -0.4 is 0 Å². The summed E-state index contributed by atoms with van der Waals surface area (Å²) in [5.74, 6) is -1.55. The molecule has 20 heavy (non-hydrogen) atoms. The van der Waals surface area contributed by atoms with Crippen molar-refractivity contribution in [3.8, 4) is 0 Å². The predicted octanol–water partition coefficient (Wildman–Crippen LogP) is 4.35. The lowest BCUT2D eigenvalue weighted by Gasteiger charge is -2.28. The van der Waals surface area contributed by atoms with Crippen LogP contribution in [0.5, 0.6) is 0 Å². The number of esters is 1. The van der Waals surface area contributed by atoms with E-state index < -0.39 is 19.4 Å². The minimum atomic E-state index is -3.62. The molecule has 0 aromatic carbocycles. The first kappa shape index (κ1) is 17.4. The molecule has 1 heterocycles. The zero-order chi connectivity index (χ0) is 15.3. The van der Waals surface area contributed by atoms with E-state index in [1.807, 2.05) is 5.38 Å². The smallest absolute Gasteiger partial charge is 0.376 e. The molecule has 0 aliphatic carbocycles. The lowest BCUT2D eigenvalue weighted by molar-refractivity contribution is -0.144. The Morgan fingerprint density at radius 2 is 1.75 bits per heavy atom. The fraction of sp³-hybridized carbons (Fsp3) is 0.615. The highest BCUT2D eigenvalue weighted by atomic mass is 32.1. The van der Waals surface area contributed by atoms with Crippen molar-refractivity contribution in [2.45, 2.75) is 52.7 Å². The fourth-order valence-corrected chi connectivity index (χ4v) is 4.92. The summed E-state index contributed by atoms with van der Waals surface area (Å²) < 4.78 is 29.3. The molecule has 1 aromatic rings. The summed E-state index contributed by atoms with van der Waals surface area (Å²) in [6, 6.07) is 3.55. The van der Waals surface area contributed by atoms with Crippen molar-refractivity contribution in [2.75, 3.05) is 0 Å². The van der Waals surface area contributed by atoms with Crippen LogP contribution in [0.25, 0.3) is 0 Å². The molecule has 1 rings (SSSR count). The number of thiophene rings is 1. The molecule has 5 nitrogen and oxygen atoms in total. The fourth-order valence-electron chi connectivity index (χ4n) is 1.59. The second-order valence-electron chi connectivity index (χ2n) is 4.83. The average Bonchev–Trinajstić information content (AvgIpc) is 2.75. The Balaban J connectivity index is 3.15. The van der Waals surface area contributed by atoms with Gasteiger partial charge in [0.05, 0.1) is 17.1 Å². The van der Waals surface area contributed by atoms with Crippen molar-refractivity contribution in [1.29, 1.82) is 0 Å². The zero-order valence-electron chi connectivity index (χ0n) is 12.4. The number of carbonyl (C=O) groups is 1. The van der Waals surface area contributed by atoms with Crippen LogP contribution in [0.15, 0.2) is 17.5 Å². The molecular formula is C13H21O5PS. The number of ether oxygens (including phenoxy) is 1. The van der Waals surface area contributed by atoms with Crippen LogP contribution in [-0.4, -0.2) is 18.2 Å². The molecule has 1 aromatic heterocycles. The Labute approximate surface area is 123 Å². The standard InChI is InChI=1S/C13H21O5PS/c1-9(2)17-19(15,18-10(3)4)13(16-11(5)14)12-7-6-8-20-12/h6-10,13H,1-5H3/t13-/m0/s1. The van der Waals surface area contributed by atoms with Crippen LogP contribution in [-0.2, 0) is 23.1 Å². The molecule has 0 aliphatic heterocycles. The van der Waals surface area contributed by atoms with E-state index in [1.54, 1.807) is 39.8 Å². The van der Waals surface area contributed by atoms with Crippen LogP contribution in [0.3, 0.4) is 0 Å². The topological polar surface area (TPSA) is 61.8 Å². The summed E-state index contributed by atoms with van der Waals surface area (Å²) in [6.07, 6.45) is -0.616. The molecule has 0 spiro atoms. The molecule has 0 saturated heterocycles. The molecule has 114 valence electrons. The molecule has 0 fully saturated rings. The summed E-state index contributed by atoms with van der Waals surface area (Å²) in [7, 11) is -3.62. The summed E-state index contributed by atoms with van der Waals surface area (Å²) in [5, 5.41) is 1.82. The van der Waals surface area contributed by atoms with Crippen molar-refractivity contribution in [3.63, 3.8) is 0 Å². The van der Waals surface area contributed by atoms with Gasteiger partial charge in [-0.1, -0.05) is 6.07 Å². The third-order valence-electron chi connectivity index (χ3n) is 2.07. The van der Waals surface area contributed by atoms with Crippen molar-refractivity contribution in [1.82, 2.24) is 0 Å². The highest BCUT2D eigenvalue weighted by molar-refractivity contribution is 7.54. The maximum absolute atomic E-state index is 13.1. The van der Waals surface area contributed by atoms with E-state index in [9.17, 15) is 9.36 Å². The zero-order valence-corrected chi connectivity index (χ0v) is 14.1. The molecule has 0 saturated carbocycles. The minimum Gasteiger partial charge on any atom is -0.444 e. The first-order valence-corrected chi connectivity index (χ1v) is 8.91. The maximum atomic E-state index is 13.1. The summed E-state index contributed by atoms with van der Waals surface area (Å²) in [6.45, 7) is 8.31. The molecule has 7 heteroatoms. The third-order valence-corrected chi connectivity index (χ3v) is 5.55. The minimum absolute atomic E-state index is 0.308. The van der Waals surface area contributed by atoms with Crippen LogP contribution >= 0.6 is 18.9 Å². The van der Waals surface area contributed by atoms with E-state index in [-0.39, 0.29) is 12.2 Å². The van der Waals surface area contributed by atoms with Crippen molar-refractivity contribution < 1.29 is 23.1 Å². The van der Waals surface area contributed by atoms with E-state index in [4.69, 9.17) is 13.8 Å². The lowest BCUT2D eigenvalue weighted by atomic mass is 10.5. The number of carbonyl (C=O) groups excluding carboxylic acids is 1. The summed E-state index contributed by atoms with van der Waals surface area (Å²) in [4.78, 5) is 12.0. The van der Waals surface area contributed by atoms with Crippen LogP contribution in [0.2, 0.25) is 0 Å². The van der Waals surface area contributed by atoms with Gasteiger partial charge in [0.2, 0.25) is 5.85 Å². The van der Waals surface area contributed by atoms with E-state index in [0.29, 0.717) is 4.88 Å². The monoisotopic (exact) mass is 320 g/mol. The summed E-state index contributed by atoms with van der Waals surface area (Å²) >= 11 is 1.34. The Morgan fingerprint density at radius 1 is 1.20 bits per heavy atom. The number of hydrogen-bond acceptors (Lipinski definition) is 6. The van der Waals surface area contributed by atoms with Gasteiger partial charge in [0, 0.05) is 6.92 Å². The van der Waals surface area contributed by atoms with Gasteiger partial charge in [-0.25, -0.2) is 0 Å². The Morgan fingerprint density at radius 3 is 2.10 bits per heavy atom. The molecular weight excluding hydrogens is 299 g/mol. The second-order valence-corrected chi connectivity index (χ2v) is 7.77. The van der Waals surface area contributed by atoms with Gasteiger partial charge < -0.3 is 13.8 Å². The number of rotatable bonds is 7. The van der Waals surface area contributed by atoms with Gasteiger partial charge >= 0.3 is 13.6 Å². The van der Waals surface area contributed by atoms with Crippen LogP contribution in [0.1, 0.15) is 45.3 Å². The van der Waals surface area contributed by atoms with E-state index in [2.05, 4.69) is 0 Å².